The number of urea groups is 1. The first kappa shape index (κ1) is 19.5. The topological polar surface area (TPSA) is 122 Å². The summed E-state index contributed by atoms with van der Waals surface area (Å²) in [5.74, 6) is 0.857. The molecule has 1 aliphatic rings. The lowest BCUT2D eigenvalue weighted by atomic mass is 10.3. The summed E-state index contributed by atoms with van der Waals surface area (Å²) in [7, 11) is -2.74. The number of halogens is 1. The Hall–Kier alpha value is -2.24. The maximum Gasteiger partial charge on any atom is 0.335 e. The number of carbonyl (C=O) groups is 1. The molecule has 1 aromatic heterocycles. The normalized spacial score (nSPS) is 13.3. The summed E-state index contributed by atoms with van der Waals surface area (Å²) in [6.45, 7) is 2.38. The number of hydrogen-bond donors (Lipinski definition) is 3. The van der Waals surface area contributed by atoms with E-state index in [-0.39, 0.29) is 21.7 Å². The van der Waals surface area contributed by atoms with Gasteiger partial charge in [0.2, 0.25) is 11.8 Å². The molecule has 9 nitrogen and oxygen atoms in total. The molecule has 0 aliphatic carbocycles. The standard InChI is InChI=1S/C15H16ClN5O4S2/c1-8-5-12(25-2)19-14(18-8)20-15(22)21-27(23,24)11-7-9(16)6-10-13(11)26-4-3-17-10/h5-7,17H,3-4H2,1-2H3,(H2,18,19,20,21,22). The maximum absolute atomic E-state index is 12.7. The van der Waals surface area contributed by atoms with Gasteiger partial charge in [0.1, 0.15) is 4.90 Å². The third kappa shape index (κ3) is 4.54. The highest BCUT2D eigenvalue weighted by molar-refractivity contribution is 8.00. The number of fused-ring (bicyclic) bond motifs is 1. The van der Waals surface area contributed by atoms with Gasteiger partial charge in [-0.3, -0.25) is 5.32 Å². The second kappa shape index (κ2) is 7.79. The number of nitrogens with zero attached hydrogens (tertiary/aromatic N) is 2. The fourth-order valence-corrected chi connectivity index (χ4v) is 5.12. The molecule has 3 N–H and O–H groups in total. The van der Waals surface area contributed by atoms with E-state index in [4.69, 9.17) is 16.3 Å². The van der Waals surface area contributed by atoms with Crippen LogP contribution in [-0.2, 0) is 10.0 Å². The number of aryl methyl sites for hydroxylation is 1. The first-order chi connectivity index (χ1) is 12.8. The zero-order valence-corrected chi connectivity index (χ0v) is 16.8. The molecule has 0 saturated heterocycles. The summed E-state index contributed by atoms with van der Waals surface area (Å²) in [4.78, 5) is 20.6. The molecule has 0 atom stereocenters. The molecule has 0 unspecified atom stereocenters. The quantitative estimate of drug-likeness (QED) is 0.677. The van der Waals surface area contributed by atoms with Gasteiger partial charge >= 0.3 is 6.03 Å². The van der Waals surface area contributed by atoms with E-state index in [1.165, 1.54) is 24.9 Å². The van der Waals surface area contributed by atoms with Crippen LogP contribution in [0.25, 0.3) is 0 Å². The molecule has 0 bridgehead atoms. The number of nitrogens with one attached hydrogen (secondary N) is 3. The van der Waals surface area contributed by atoms with E-state index in [1.54, 1.807) is 19.1 Å². The lowest BCUT2D eigenvalue weighted by Crippen LogP contribution is -2.35. The summed E-state index contributed by atoms with van der Waals surface area (Å²) >= 11 is 7.40. The van der Waals surface area contributed by atoms with Crippen LogP contribution >= 0.6 is 23.4 Å². The van der Waals surface area contributed by atoms with Crippen molar-refractivity contribution >= 4 is 51.1 Å². The molecular weight excluding hydrogens is 414 g/mol. The van der Waals surface area contributed by atoms with Gasteiger partial charge in [0, 0.05) is 29.1 Å². The van der Waals surface area contributed by atoms with Gasteiger partial charge in [-0.2, -0.15) is 4.98 Å². The zero-order chi connectivity index (χ0) is 19.6. The number of hydrogen-bond acceptors (Lipinski definition) is 8. The smallest absolute Gasteiger partial charge is 0.335 e. The number of anilines is 2. The highest BCUT2D eigenvalue weighted by Gasteiger charge is 2.26. The van der Waals surface area contributed by atoms with Crippen molar-refractivity contribution in [3.8, 4) is 5.88 Å². The van der Waals surface area contributed by atoms with Crippen LogP contribution in [0.15, 0.2) is 28.0 Å². The summed E-state index contributed by atoms with van der Waals surface area (Å²) in [6, 6.07) is 3.53. The summed E-state index contributed by atoms with van der Waals surface area (Å²) in [6.07, 6.45) is 0. The first-order valence-corrected chi connectivity index (χ1v) is 10.6. The summed E-state index contributed by atoms with van der Waals surface area (Å²) < 4.78 is 32.4. The molecular formula is C15H16ClN5O4S2. The van der Waals surface area contributed by atoms with Crippen molar-refractivity contribution < 1.29 is 17.9 Å². The third-order valence-corrected chi connectivity index (χ3v) is 6.30. The zero-order valence-electron chi connectivity index (χ0n) is 14.4. The average molecular weight is 430 g/mol. The number of amides is 2. The van der Waals surface area contributed by atoms with Crippen LogP contribution in [0.3, 0.4) is 0 Å². The van der Waals surface area contributed by atoms with Crippen LogP contribution < -0.4 is 20.1 Å². The molecule has 0 saturated carbocycles. The SMILES string of the molecule is COc1cc(C)nc(NC(=O)NS(=O)(=O)c2cc(Cl)cc3c2SCCN3)n1. The molecule has 3 rings (SSSR count). The molecule has 27 heavy (non-hydrogen) atoms. The largest absolute Gasteiger partial charge is 0.481 e. The van der Waals surface area contributed by atoms with Crippen molar-refractivity contribution in [2.45, 2.75) is 16.7 Å². The lowest BCUT2D eigenvalue weighted by Gasteiger charge is -2.21. The predicted molar refractivity (Wildman–Crippen MR) is 103 cm³/mol. The van der Waals surface area contributed by atoms with E-state index < -0.39 is 16.1 Å². The summed E-state index contributed by atoms with van der Waals surface area (Å²) in [5, 5.41) is 5.63. The Morgan fingerprint density at radius 3 is 2.85 bits per heavy atom. The Balaban J connectivity index is 1.84. The Labute approximate surface area is 165 Å². The van der Waals surface area contributed by atoms with Crippen LogP contribution in [0, 0.1) is 6.92 Å². The Kier molecular flexibility index (Phi) is 5.63. The lowest BCUT2D eigenvalue weighted by molar-refractivity contribution is 0.256. The molecule has 1 aliphatic heterocycles. The van der Waals surface area contributed by atoms with E-state index >= 15 is 0 Å². The molecule has 0 spiro atoms. The van der Waals surface area contributed by atoms with E-state index in [0.717, 1.165) is 0 Å². The van der Waals surface area contributed by atoms with Crippen molar-refractivity contribution in [3.63, 3.8) is 0 Å². The minimum absolute atomic E-state index is 0.0694. The van der Waals surface area contributed by atoms with Gasteiger partial charge < -0.3 is 10.1 Å². The molecule has 12 heteroatoms. The van der Waals surface area contributed by atoms with Crippen molar-refractivity contribution in [1.29, 1.82) is 0 Å². The number of rotatable bonds is 4. The number of sulfonamides is 1. The highest BCUT2D eigenvalue weighted by atomic mass is 35.5. The average Bonchev–Trinajstić information content (AvgIpc) is 2.59. The third-order valence-electron chi connectivity index (χ3n) is 3.47. The minimum atomic E-state index is -4.16. The predicted octanol–water partition coefficient (Wildman–Crippen LogP) is 2.48. The second-order valence-corrected chi connectivity index (χ2v) is 8.68. The van der Waals surface area contributed by atoms with E-state index in [0.29, 0.717) is 28.6 Å². The number of benzene rings is 1. The van der Waals surface area contributed by atoms with Crippen LogP contribution in [0.2, 0.25) is 5.02 Å². The molecule has 2 heterocycles. The maximum atomic E-state index is 12.7. The van der Waals surface area contributed by atoms with Crippen LogP contribution in [-0.4, -0.2) is 43.8 Å². The van der Waals surface area contributed by atoms with Gasteiger partial charge in [-0.25, -0.2) is 22.9 Å². The van der Waals surface area contributed by atoms with E-state index in [1.807, 2.05) is 4.72 Å². The Morgan fingerprint density at radius 2 is 2.11 bits per heavy atom. The van der Waals surface area contributed by atoms with Gasteiger partial charge in [0.25, 0.3) is 10.0 Å². The number of methoxy groups -OCH3 is 1. The van der Waals surface area contributed by atoms with Gasteiger partial charge in [0.15, 0.2) is 0 Å². The van der Waals surface area contributed by atoms with Gasteiger partial charge in [-0.1, -0.05) is 11.6 Å². The van der Waals surface area contributed by atoms with Crippen LogP contribution in [0.5, 0.6) is 5.88 Å². The van der Waals surface area contributed by atoms with Crippen LogP contribution in [0.1, 0.15) is 5.69 Å². The molecule has 0 fully saturated rings. The number of carbonyl (C=O) groups excluding carboxylic acids is 1. The van der Waals surface area contributed by atoms with Crippen molar-refractivity contribution in [2.24, 2.45) is 0 Å². The fourth-order valence-electron chi connectivity index (χ4n) is 2.39. The van der Waals surface area contributed by atoms with Crippen molar-refractivity contribution in [1.82, 2.24) is 14.7 Å². The summed E-state index contributed by atoms with van der Waals surface area (Å²) in [5.41, 5.74) is 1.16. The van der Waals surface area contributed by atoms with Crippen molar-refractivity contribution in [2.75, 3.05) is 30.0 Å². The van der Waals surface area contributed by atoms with Crippen molar-refractivity contribution in [3.05, 3.63) is 28.9 Å². The number of ether oxygens (including phenoxy) is 1. The number of aromatic nitrogens is 2. The Bertz CT molecular complexity index is 1000. The second-order valence-electron chi connectivity index (χ2n) is 5.49. The van der Waals surface area contributed by atoms with E-state index in [9.17, 15) is 13.2 Å². The molecule has 144 valence electrons. The van der Waals surface area contributed by atoms with Gasteiger partial charge in [0.05, 0.1) is 17.7 Å². The molecule has 1 aromatic carbocycles. The minimum Gasteiger partial charge on any atom is -0.481 e. The highest BCUT2D eigenvalue weighted by Crippen LogP contribution is 2.38. The fraction of sp³-hybridized carbons (Fsp3) is 0.267. The van der Waals surface area contributed by atoms with Crippen LogP contribution in [0.4, 0.5) is 16.4 Å². The Morgan fingerprint density at radius 1 is 1.33 bits per heavy atom. The monoisotopic (exact) mass is 429 g/mol. The van der Waals surface area contributed by atoms with Gasteiger partial charge in [-0.15, -0.1) is 11.8 Å². The molecule has 0 radical (unpaired) electrons. The van der Waals surface area contributed by atoms with E-state index in [2.05, 4.69) is 20.6 Å². The molecule has 2 aromatic rings. The molecule has 2 amide bonds. The first-order valence-electron chi connectivity index (χ1n) is 7.72. The van der Waals surface area contributed by atoms with Gasteiger partial charge in [-0.05, 0) is 19.1 Å². The number of thioether (sulfide) groups is 1.